The molecule has 65 heavy (non-hydrogen) atoms. The van der Waals surface area contributed by atoms with E-state index in [4.69, 9.17) is 18.5 Å². The number of hydrogen-bond donors (Lipinski definition) is 6. The van der Waals surface area contributed by atoms with Gasteiger partial charge in [-0.05, 0) is 38.5 Å². The lowest BCUT2D eigenvalue weighted by Crippen LogP contribution is -2.64. The molecule has 0 aliphatic heterocycles. The van der Waals surface area contributed by atoms with Gasteiger partial charge in [-0.25, -0.2) is 4.57 Å². The van der Waals surface area contributed by atoms with Gasteiger partial charge < -0.3 is 39.9 Å². The summed E-state index contributed by atoms with van der Waals surface area (Å²) in [7, 11) is -5.02. The molecular weight excluding hydrogens is 848 g/mol. The average molecular weight is 949 g/mol. The van der Waals surface area contributed by atoms with E-state index in [9.17, 15) is 39.8 Å². The Morgan fingerprint density at radius 1 is 0.477 bits per heavy atom. The van der Waals surface area contributed by atoms with Crippen LogP contribution >= 0.6 is 7.82 Å². The Morgan fingerprint density at radius 3 is 1.22 bits per heavy atom. The number of ether oxygens (including phenoxy) is 2. The molecule has 0 bridgehead atoms. The minimum atomic E-state index is -5.02. The number of phosphoric acid groups is 1. The monoisotopic (exact) mass is 949 g/mol. The number of carbonyl (C=O) groups excluding carboxylic acids is 1. The van der Waals surface area contributed by atoms with Crippen molar-refractivity contribution >= 4 is 13.8 Å². The molecule has 6 atom stereocenters. The Balaban J connectivity index is 2.31. The smallest absolute Gasteiger partial charge is 0.457 e. The van der Waals surface area contributed by atoms with Crippen LogP contribution in [0.4, 0.5) is 0 Å². The summed E-state index contributed by atoms with van der Waals surface area (Å²) < 4.78 is 34.3. The molecule has 0 radical (unpaired) electrons. The predicted octanol–water partition coefficient (Wildman–Crippen LogP) is 12.3. The summed E-state index contributed by atoms with van der Waals surface area (Å²) in [6.45, 7) is 4.31. The fraction of sp³-hybridized carbons (Fsp3) is 0.942. The zero-order chi connectivity index (χ0) is 47.6. The first-order valence-electron chi connectivity index (χ1n) is 27.0. The maximum atomic E-state index is 12.9. The normalized spacial score (nSPS) is 21.5. The quantitative estimate of drug-likeness (QED) is 0.0147. The van der Waals surface area contributed by atoms with Crippen molar-refractivity contribution in [3.05, 3.63) is 12.2 Å². The number of unbranched alkanes of at least 4 members (excludes halogenated alkanes) is 33. The third kappa shape index (κ3) is 34.9. The van der Waals surface area contributed by atoms with Crippen molar-refractivity contribution in [1.29, 1.82) is 0 Å². The summed E-state index contributed by atoms with van der Waals surface area (Å²) in [6.07, 6.45) is 37.0. The first-order chi connectivity index (χ1) is 31.5. The first kappa shape index (κ1) is 62.1. The van der Waals surface area contributed by atoms with Crippen LogP contribution in [0.1, 0.15) is 251 Å². The van der Waals surface area contributed by atoms with Crippen LogP contribution in [-0.4, -0.2) is 98.9 Å². The van der Waals surface area contributed by atoms with E-state index in [-0.39, 0.29) is 13.0 Å². The highest BCUT2D eigenvalue weighted by Gasteiger charge is 2.51. The molecule has 6 N–H and O–H groups in total. The highest BCUT2D eigenvalue weighted by Crippen LogP contribution is 2.47. The van der Waals surface area contributed by atoms with E-state index in [1.54, 1.807) is 0 Å². The molecule has 13 heteroatoms. The summed E-state index contributed by atoms with van der Waals surface area (Å²) in [5, 5.41) is 50.3. The van der Waals surface area contributed by atoms with Gasteiger partial charge in [0.2, 0.25) is 0 Å². The molecule has 0 amide bonds. The highest BCUT2D eigenvalue weighted by molar-refractivity contribution is 7.47. The molecule has 0 spiro atoms. The van der Waals surface area contributed by atoms with Crippen LogP contribution in [0.3, 0.4) is 0 Å². The number of hydrogen-bond acceptors (Lipinski definition) is 11. The fourth-order valence-electron chi connectivity index (χ4n) is 8.59. The molecule has 12 nitrogen and oxygen atoms in total. The largest absolute Gasteiger partial charge is 0.472 e. The molecule has 0 aromatic rings. The van der Waals surface area contributed by atoms with Crippen molar-refractivity contribution in [2.75, 3.05) is 19.8 Å². The summed E-state index contributed by atoms with van der Waals surface area (Å²) in [5.41, 5.74) is 0. The zero-order valence-corrected chi connectivity index (χ0v) is 42.5. The molecule has 1 fully saturated rings. The maximum Gasteiger partial charge on any atom is 0.472 e. The molecule has 0 heterocycles. The summed E-state index contributed by atoms with van der Waals surface area (Å²) >= 11 is 0. The number of esters is 1. The van der Waals surface area contributed by atoms with Gasteiger partial charge in [0.25, 0.3) is 0 Å². The van der Waals surface area contributed by atoms with Crippen LogP contribution in [-0.2, 0) is 27.9 Å². The molecule has 1 aliphatic carbocycles. The SMILES string of the molecule is CCCCCCCC/C=C\CCCCCCCCCCCC(=O)OC(COCCCCCCCCCCCCCCCCCCCCC)COP(=O)(O)OC1C(O)C(O)C(O)C(O)C1O. The molecule has 0 saturated heterocycles. The van der Waals surface area contributed by atoms with E-state index < -0.39 is 63.1 Å². The summed E-state index contributed by atoms with van der Waals surface area (Å²) in [5.74, 6) is -0.473. The standard InChI is InChI=1S/C52H101O12P/c1-3-5-7-9-11-13-15-17-19-21-23-25-27-29-31-33-35-37-39-41-46(53)63-45(44-62-65(59,60)64-52-50(57)48(55)47(54)49(56)51(52)58)43-61-42-40-38-36-34-32-30-28-26-24-22-20-18-16-14-12-10-8-6-4-2/h17,19,45,47-52,54-58H,3-16,18,20-44H2,1-2H3,(H,59,60)/b19-17-. The van der Waals surface area contributed by atoms with Gasteiger partial charge in [-0.15, -0.1) is 0 Å². The lowest BCUT2D eigenvalue weighted by Gasteiger charge is -2.41. The third-order valence-electron chi connectivity index (χ3n) is 12.9. The number of rotatable bonds is 47. The van der Waals surface area contributed by atoms with Crippen LogP contribution in [0.2, 0.25) is 0 Å². The second kappa shape index (κ2) is 43.1. The van der Waals surface area contributed by atoms with Crippen molar-refractivity contribution in [2.45, 2.75) is 294 Å². The van der Waals surface area contributed by atoms with Gasteiger partial charge in [0.15, 0.2) is 0 Å². The highest BCUT2D eigenvalue weighted by atomic mass is 31.2. The number of aliphatic hydroxyl groups excluding tert-OH is 5. The predicted molar refractivity (Wildman–Crippen MR) is 263 cm³/mol. The number of phosphoric ester groups is 1. The van der Waals surface area contributed by atoms with Gasteiger partial charge in [0.1, 0.15) is 42.7 Å². The van der Waals surface area contributed by atoms with Crippen LogP contribution in [0.15, 0.2) is 12.2 Å². The van der Waals surface area contributed by atoms with Gasteiger partial charge in [-0.3, -0.25) is 13.8 Å². The van der Waals surface area contributed by atoms with Gasteiger partial charge in [0.05, 0.1) is 13.2 Å². The minimum Gasteiger partial charge on any atom is -0.457 e. The van der Waals surface area contributed by atoms with Gasteiger partial charge >= 0.3 is 13.8 Å². The average Bonchev–Trinajstić information content (AvgIpc) is 3.29. The molecule has 6 unspecified atom stereocenters. The topological polar surface area (TPSA) is 192 Å². The summed E-state index contributed by atoms with van der Waals surface area (Å²) in [6, 6.07) is 0. The van der Waals surface area contributed by atoms with Gasteiger partial charge in [0, 0.05) is 13.0 Å². The Morgan fingerprint density at radius 2 is 0.815 bits per heavy atom. The molecule has 0 aromatic carbocycles. The van der Waals surface area contributed by atoms with Crippen LogP contribution in [0.5, 0.6) is 0 Å². The van der Waals surface area contributed by atoms with E-state index in [2.05, 4.69) is 26.0 Å². The molecular formula is C52H101O12P. The lowest BCUT2D eigenvalue weighted by atomic mass is 9.85. The molecule has 1 aliphatic rings. The van der Waals surface area contributed by atoms with Crippen LogP contribution in [0, 0.1) is 0 Å². The van der Waals surface area contributed by atoms with Crippen LogP contribution < -0.4 is 0 Å². The van der Waals surface area contributed by atoms with Gasteiger partial charge in [-0.2, -0.15) is 0 Å². The zero-order valence-electron chi connectivity index (χ0n) is 41.6. The number of carbonyl (C=O) groups is 1. The molecule has 0 aromatic heterocycles. The van der Waals surface area contributed by atoms with Crippen LogP contribution in [0.25, 0.3) is 0 Å². The Hall–Kier alpha value is -0.920. The van der Waals surface area contributed by atoms with Crippen molar-refractivity contribution in [1.82, 2.24) is 0 Å². The van der Waals surface area contributed by atoms with E-state index in [0.717, 1.165) is 38.5 Å². The second-order valence-electron chi connectivity index (χ2n) is 19.1. The third-order valence-corrected chi connectivity index (χ3v) is 13.9. The number of allylic oxidation sites excluding steroid dienone is 2. The van der Waals surface area contributed by atoms with Crippen molar-refractivity contribution in [3.63, 3.8) is 0 Å². The first-order valence-corrected chi connectivity index (χ1v) is 28.5. The molecule has 1 rings (SSSR count). The van der Waals surface area contributed by atoms with E-state index in [1.807, 2.05) is 0 Å². The summed E-state index contributed by atoms with van der Waals surface area (Å²) in [4.78, 5) is 23.3. The fourth-order valence-corrected chi connectivity index (χ4v) is 9.56. The Labute approximate surface area is 397 Å². The van der Waals surface area contributed by atoms with Gasteiger partial charge in [-0.1, -0.05) is 219 Å². The second-order valence-corrected chi connectivity index (χ2v) is 20.5. The van der Waals surface area contributed by atoms with E-state index in [0.29, 0.717) is 13.0 Å². The minimum absolute atomic E-state index is 0.0709. The molecule has 1 saturated carbocycles. The Kier molecular flexibility index (Phi) is 41.2. The van der Waals surface area contributed by atoms with E-state index >= 15 is 0 Å². The van der Waals surface area contributed by atoms with Crippen molar-refractivity contribution < 1.29 is 58.3 Å². The molecule has 386 valence electrons. The maximum absolute atomic E-state index is 12.9. The van der Waals surface area contributed by atoms with E-state index in [1.165, 1.54) is 186 Å². The van der Waals surface area contributed by atoms with Crippen molar-refractivity contribution in [3.8, 4) is 0 Å². The van der Waals surface area contributed by atoms with Crippen molar-refractivity contribution in [2.24, 2.45) is 0 Å². The Bertz CT molecular complexity index is 1130. The lowest BCUT2D eigenvalue weighted by molar-refractivity contribution is -0.220. The number of aliphatic hydroxyl groups is 5.